The van der Waals surface area contributed by atoms with Crippen LogP contribution in [0.15, 0.2) is 249 Å². The number of benzene rings is 11. The number of rotatable bonds is 6. The zero-order valence-corrected chi connectivity index (χ0v) is 35.1. The summed E-state index contributed by atoms with van der Waals surface area (Å²) in [6.07, 6.45) is 0. The molecule has 0 aliphatic heterocycles. The van der Waals surface area contributed by atoms with Gasteiger partial charge in [0.15, 0.2) is 0 Å². The van der Waals surface area contributed by atoms with Crippen molar-refractivity contribution < 1.29 is 0 Å². The summed E-state index contributed by atoms with van der Waals surface area (Å²) in [5, 5.41) is 4.98. The van der Waals surface area contributed by atoms with Crippen molar-refractivity contribution in [2.75, 3.05) is 4.90 Å². The summed E-state index contributed by atoms with van der Waals surface area (Å²) in [6, 6.07) is 92.1. The molecule has 0 fully saturated rings. The van der Waals surface area contributed by atoms with Crippen molar-refractivity contribution in [2.45, 2.75) is 5.41 Å². The maximum Gasteiger partial charge on any atom is 0.0726 e. The Morgan fingerprint density at radius 2 is 0.766 bits per heavy atom. The van der Waals surface area contributed by atoms with Crippen LogP contribution in [0.5, 0.6) is 0 Å². The van der Waals surface area contributed by atoms with Gasteiger partial charge in [0, 0.05) is 16.9 Å². The Morgan fingerprint density at radius 1 is 0.266 bits per heavy atom. The molecule has 0 saturated heterocycles. The Kier molecular flexibility index (Phi) is 8.20. The van der Waals surface area contributed by atoms with E-state index in [9.17, 15) is 0 Å². The van der Waals surface area contributed by atoms with E-state index in [1.54, 1.807) is 0 Å². The number of fused-ring (bicyclic) bond motifs is 12. The lowest BCUT2D eigenvalue weighted by atomic mass is 9.70. The fourth-order valence-corrected chi connectivity index (χ4v) is 11.2. The van der Waals surface area contributed by atoms with Crippen molar-refractivity contribution in [1.29, 1.82) is 0 Å². The van der Waals surface area contributed by atoms with Crippen molar-refractivity contribution in [3.63, 3.8) is 0 Å². The summed E-state index contributed by atoms with van der Waals surface area (Å²) < 4.78 is 0. The van der Waals surface area contributed by atoms with Gasteiger partial charge in [-0.25, -0.2) is 0 Å². The Morgan fingerprint density at radius 3 is 1.52 bits per heavy atom. The largest absolute Gasteiger partial charge is 0.310 e. The van der Waals surface area contributed by atoms with Crippen LogP contribution in [0.4, 0.5) is 17.1 Å². The van der Waals surface area contributed by atoms with E-state index in [1.807, 2.05) is 0 Å². The molecule has 0 bridgehead atoms. The van der Waals surface area contributed by atoms with Gasteiger partial charge in [0.25, 0.3) is 0 Å². The molecule has 2 aliphatic rings. The van der Waals surface area contributed by atoms with Gasteiger partial charge in [0.2, 0.25) is 0 Å². The molecule has 1 nitrogen and oxygen atoms in total. The SMILES string of the molecule is c1cc(-c2cccc3ccccc23)cc(N(c2ccc(-c3ccccc3-c3ccc4ccccc4c3)cc2)c2cccc3c2-c2ccccc2C32c3ccccc3-c3ccccc32)c1. The minimum atomic E-state index is -0.443. The first kappa shape index (κ1) is 36.4. The number of hydrogen-bond donors (Lipinski definition) is 0. The molecule has 11 aromatic carbocycles. The standard InChI is InChI=1S/C63H41N/c1-2-18-45-40-47(35-34-42(45)16-1)52-24-6-5-23-51(52)44-36-38-48(39-37-44)64(49-21-13-20-46(41-49)53-28-14-19-43-17-3-4-22-50(43)53)61-33-15-32-60-62(61)56-27-9-12-31-59(56)63(60)57-29-10-7-25-54(57)55-26-8-11-30-58(55)63/h1-41H. The Labute approximate surface area is 373 Å². The third-order valence-corrected chi connectivity index (χ3v) is 13.9. The van der Waals surface area contributed by atoms with E-state index in [2.05, 4.69) is 254 Å². The molecule has 2 aliphatic carbocycles. The van der Waals surface area contributed by atoms with Gasteiger partial charge in [-0.2, -0.15) is 0 Å². The van der Waals surface area contributed by atoms with Crippen molar-refractivity contribution in [3.8, 4) is 55.6 Å². The highest BCUT2D eigenvalue weighted by atomic mass is 15.1. The smallest absolute Gasteiger partial charge is 0.0726 e. The highest BCUT2D eigenvalue weighted by Crippen LogP contribution is 2.64. The molecule has 1 heteroatoms. The monoisotopic (exact) mass is 811 g/mol. The van der Waals surface area contributed by atoms with Crippen LogP contribution in [0, 0.1) is 0 Å². The molecule has 11 aromatic rings. The fourth-order valence-electron chi connectivity index (χ4n) is 11.2. The molecule has 64 heavy (non-hydrogen) atoms. The Bertz CT molecular complexity index is 3580. The van der Waals surface area contributed by atoms with E-state index in [0.717, 1.165) is 17.1 Å². The van der Waals surface area contributed by atoms with Gasteiger partial charge in [0.1, 0.15) is 0 Å². The molecule has 0 aromatic heterocycles. The van der Waals surface area contributed by atoms with Crippen LogP contribution in [0.2, 0.25) is 0 Å². The van der Waals surface area contributed by atoms with Crippen LogP contribution in [0.3, 0.4) is 0 Å². The first-order chi connectivity index (χ1) is 31.8. The van der Waals surface area contributed by atoms with Gasteiger partial charge < -0.3 is 4.90 Å². The van der Waals surface area contributed by atoms with E-state index >= 15 is 0 Å². The molecule has 0 saturated carbocycles. The molecular weight excluding hydrogens is 771 g/mol. The molecule has 0 heterocycles. The Balaban J connectivity index is 1.02. The molecule has 0 radical (unpaired) electrons. The lowest BCUT2D eigenvalue weighted by molar-refractivity contribution is 0.794. The molecule has 0 unspecified atom stereocenters. The molecule has 0 N–H and O–H groups in total. The molecule has 1 spiro atoms. The van der Waals surface area contributed by atoms with Gasteiger partial charge in [-0.05, 0) is 130 Å². The minimum Gasteiger partial charge on any atom is -0.310 e. The third-order valence-electron chi connectivity index (χ3n) is 13.9. The average molecular weight is 812 g/mol. The summed E-state index contributed by atoms with van der Waals surface area (Å²) in [5.41, 5.74) is 20.7. The van der Waals surface area contributed by atoms with Crippen LogP contribution >= 0.6 is 0 Å². The summed E-state index contributed by atoms with van der Waals surface area (Å²) in [5.74, 6) is 0. The van der Waals surface area contributed by atoms with Gasteiger partial charge in [-0.1, -0.05) is 212 Å². The van der Waals surface area contributed by atoms with Crippen molar-refractivity contribution in [1.82, 2.24) is 0 Å². The first-order valence-corrected chi connectivity index (χ1v) is 22.3. The Hall–Kier alpha value is -8.26. The maximum absolute atomic E-state index is 2.50. The second-order valence-electron chi connectivity index (χ2n) is 17.2. The summed E-state index contributed by atoms with van der Waals surface area (Å²) in [6.45, 7) is 0. The fraction of sp³-hybridized carbons (Fsp3) is 0.0159. The van der Waals surface area contributed by atoms with Gasteiger partial charge in [-0.15, -0.1) is 0 Å². The molecular formula is C63H41N. The van der Waals surface area contributed by atoms with E-state index in [0.29, 0.717) is 0 Å². The summed E-state index contributed by atoms with van der Waals surface area (Å²) in [7, 11) is 0. The molecule has 0 amide bonds. The zero-order chi connectivity index (χ0) is 42.2. The first-order valence-electron chi connectivity index (χ1n) is 22.3. The van der Waals surface area contributed by atoms with Gasteiger partial charge in [0.05, 0.1) is 11.1 Å². The minimum absolute atomic E-state index is 0.443. The van der Waals surface area contributed by atoms with E-state index in [1.165, 1.54) is 99.4 Å². The average Bonchev–Trinajstić information content (AvgIpc) is 3.84. The zero-order valence-electron chi connectivity index (χ0n) is 35.1. The highest BCUT2D eigenvalue weighted by Gasteiger charge is 2.52. The number of nitrogens with zero attached hydrogens (tertiary/aromatic N) is 1. The highest BCUT2D eigenvalue weighted by molar-refractivity contribution is 6.02. The van der Waals surface area contributed by atoms with Gasteiger partial charge in [-0.3, -0.25) is 0 Å². The van der Waals surface area contributed by atoms with Crippen LogP contribution in [0.1, 0.15) is 22.3 Å². The third kappa shape index (κ3) is 5.38. The van der Waals surface area contributed by atoms with E-state index in [4.69, 9.17) is 0 Å². The summed E-state index contributed by atoms with van der Waals surface area (Å²) in [4.78, 5) is 2.50. The van der Waals surface area contributed by atoms with Crippen LogP contribution in [0.25, 0.3) is 77.2 Å². The van der Waals surface area contributed by atoms with Crippen LogP contribution in [-0.2, 0) is 5.41 Å². The second-order valence-corrected chi connectivity index (χ2v) is 17.2. The van der Waals surface area contributed by atoms with Crippen molar-refractivity contribution >= 4 is 38.6 Å². The topological polar surface area (TPSA) is 3.24 Å². The van der Waals surface area contributed by atoms with E-state index < -0.39 is 5.41 Å². The van der Waals surface area contributed by atoms with Crippen LogP contribution in [-0.4, -0.2) is 0 Å². The molecule has 298 valence electrons. The van der Waals surface area contributed by atoms with Crippen molar-refractivity contribution in [2.24, 2.45) is 0 Å². The second kappa shape index (κ2) is 14.4. The lowest BCUT2D eigenvalue weighted by Gasteiger charge is -2.32. The quantitative estimate of drug-likeness (QED) is 0.162. The number of hydrogen-bond acceptors (Lipinski definition) is 1. The lowest BCUT2D eigenvalue weighted by Crippen LogP contribution is -2.26. The number of anilines is 3. The van der Waals surface area contributed by atoms with E-state index in [-0.39, 0.29) is 0 Å². The normalized spacial score (nSPS) is 12.8. The summed E-state index contributed by atoms with van der Waals surface area (Å²) >= 11 is 0. The van der Waals surface area contributed by atoms with Crippen LogP contribution < -0.4 is 4.90 Å². The molecule has 0 atom stereocenters. The molecule has 13 rings (SSSR count). The predicted octanol–water partition coefficient (Wildman–Crippen LogP) is 16.8. The maximum atomic E-state index is 2.50. The van der Waals surface area contributed by atoms with Gasteiger partial charge >= 0.3 is 0 Å². The van der Waals surface area contributed by atoms with Crippen molar-refractivity contribution in [3.05, 3.63) is 271 Å². The predicted molar refractivity (Wildman–Crippen MR) is 269 cm³/mol.